The van der Waals surface area contributed by atoms with Crippen LogP contribution in [0.15, 0.2) is 6.07 Å². The second-order valence-electron chi connectivity index (χ2n) is 5.90. The number of rotatable bonds is 3. The maximum atomic E-state index is 12.5. The van der Waals surface area contributed by atoms with Gasteiger partial charge in [0.25, 0.3) is 0 Å². The highest BCUT2D eigenvalue weighted by molar-refractivity contribution is 7.12. The zero-order valence-electron chi connectivity index (χ0n) is 12.7. The lowest BCUT2D eigenvalue weighted by atomic mass is 9.81. The minimum absolute atomic E-state index is 0. The van der Waals surface area contributed by atoms with E-state index in [4.69, 9.17) is 0 Å². The van der Waals surface area contributed by atoms with E-state index in [9.17, 15) is 4.79 Å². The molecule has 5 heteroatoms. The van der Waals surface area contributed by atoms with Gasteiger partial charge in [-0.1, -0.05) is 0 Å². The Balaban J connectivity index is 0.00000200. The first-order chi connectivity index (χ1) is 8.92. The predicted octanol–water partition coefficient (Wildman–Crippen LogP) is 3.35. The van der Waals surface area contributed by atoms with Crippen LogP contribution in [0.2, 0.25) is 0 Å². The van der Waals surface area contributed by atoms with Gasteiger partial charge in [0, 0.05) is 16.3 Å². The fraction of sp³-hybridized carbons (Fsp3) is 0.667. The van der Waals surface area contributed by atoms with Crippen LogP contribution >= 0.6 is 23.7 Å². The van der Waals surface area contributed by atoms with Crippen molar-refractivity contribution in [2.24, 2.45) is 5.41 Å². The van der Waals surface area contributed by atoms with Gasteiger partial charge in [-0.25, -0.2) is 0 Å². The SMILES string of the molecule is Cc1cc(C(C)NC(=O)C2(C)CCCNC2)c(C)s1.Cl. The van der Waals surface area contributed by atoms with E-state index < -0.39 is 0 Å². The second-order valence-corrected chi connectivity index (χ2v) is 7.37. The van der Waals surface area contributed by atoms with Crippen molar-refractivity contribution in [1.29, 1.82) is 0 Å². The van der Waals surface area contributed by atoms with Crippen molar-refractivity contribution in [3.05, 3.63) is 21.4 Å². The van der Waals surface area contributed by atoms with Crippen LogP contribution in [0, 0.1) is 19.3 Å². The number of halogens is 1. The molecule has 1 aliphatic heterocycles. The highest BCUT2D eigenvalue weighted by Gasteiger charge is 2.35. The van der Waals surface area contributed by atoms with E-state index in [0.717, 1.165) is 25.9 Å². The average Bonchev–Trinajstić information content (AvgIpc) is 2.69. The quantitative estimate of drug-likeness (QED) is 0.898. The fourth-order valence-electron chi connectivity index (χ4n) is 2.78. The summed E-state index contributed by atoms with van der Waals surface area (Å²) in [6, 6.07) is 2.28. The molecule has 1 aromatic rings. The average molecular weight is 317 g/mol. The Morgan fingerprint density at radius 3 is 2.70 bits per heavy atom. The summed E-state index contributed by atoms with van der Waals surface area (Å²) in [6.07, 6.45) is 2.05. The maximum Gasteiger partial charge on any atom is 0.227 e. The third-order valence-electron chi connectivity index (χ3n) is 4.04. The summed E-state index contributed by atoms with van der Waals surface area (Å²) in [7, 11) is 0. The number of piperidine rings is 1. The Hall–Kier alpha value is -0.580. The Labute approximate surface area is 131 Å². The van der Waals surface area contributed by atoms with Crippen LogP contribution in [0.4, 0.5) is 0 Å². The van der Waals surface area contributed by atoms with E-state index in [1.54, 1.807) is 11.3 Å². The van der Waals surface area contributed by atoms with Gasteiger partial charge in [-0.15, -0.1) is 23.7 Å². The number of carbonyl (C=O) groups is 1. The molecule has 1 amide bonds. The zero-order valence-corrected chi connectivity index (χ0v) is 14.3. The first-order valence-corrected chi connectivity index (χ1v) is 7.83. The van der Waals surface area contributed by atoms with Gasteiger partial charge in [0.2, 0.25) is 5.91 Å². The van der Waals surface area contributed by atoms with Crippen molar-refractivity contribution in [3.8, 4) is 0 Å². The molecule has 2 unspecified atom stereocenters. The molecule has 0 radical (unpaired) electrons. The molecule has 114 valence electrons. The van der Waals surface area contributed by atoms with E-state index in [1.807, 2.05) is 0 Å². The van der Waals surface area contributed by atoms with E-state index in [1.165, 1.54) is 15.3 Å². The summed E-state index contributed by atoms with van der Waals surface area (Å²) in [5.74, 6) is 0.176. The van der Waals surface area contributed by atoms with Crippen molar-refractivity contribution < 1.29 is 4.79 Å². The van der Waals surface area contributed by atoms with Crippen LogP contribution < -0.4 is 10.6 Å². The number of amides is 1. The van der Waals surface area contributed by atoms with Crippen molar-refractivity contribution in [2.75, 3.05) is 13.1 Å². The Morgan fingerprint density at radius 1 is 1.50 bits per heavy atom. The topological polar surface area (TPSA) is 41.1 Å². The Bertz CT molecular complexity index is 466. The molecule has 1 aliphatic rings. The molecule has 1 saturated heterocycles. The molecule has 0 saturated carbocycles. The van der Waals surface area contributed by atoms with Gasteiger partial charge in [0.05, 0.1) is 11.5 Å². The van der Waals surface area contributed by atoms with Gasteiger partial charge in [-0.3, -0.25) is 4.79 Å². The number of hydrogen-bond donors (Lipinski definition) is 2. The first kappa shape index (κ1) is 17.5. The summed E-state index contributed by atoms with van der Waals surface area (Å²) in [4.78, 5) is 15.1. The van der Waals surface area contributed by atoms with Gasteiger partial charge in [0.1, 0.15) is 0 Å². The number of hydrogen-bond acceptors (Lipinski definition) is 3. The normalized spacial score (nSPS) is 23.8. The predicted molar refractivity (Wildman–Crippen MR) is 87.8 cm³/mol. The molecule has 0 aliphatic carbocycles. The molecule has 3 nitrogen and oxygen atoms in total. The number of nitrogens with one attached hydrogen (secondary N) is 2. The van der Waals surface area contributed by atoms with Crippen molar-refractivity contribution >= 4 is 29.7 Å². The molecule has 0 bridgehead atoms. The third-order valence-corrected chi connectivity index (χ3v) is 5.02. The summed E-state index contributed by atoms with van der Waals surface area (Å²) < 4.78 is 0. The van der Waals surface area contributed by atoms with Crippen LogP contribution in [0.25, 0.3) is 0 Å². The standard InChI is InChI=1S/C15H24N2OS.ClH/c1-10-8-13(12(3)19-10)11(2)17-14(18)15(4)6-5-7-16-9-15;/h8,11,16H,5-7,9H2,1-4H3,(H,17,18);1H. The van der Waals surface area contributed by atoms with Crippen LogP contribution in [0.3, 0.4) is 0 Å². The molecule has 20 heavy (non-hydrogen) atoms. The minimum Gasteiger partial charge on any atom is -0.349 e. The number of aryl methyl sites for hydroxylation is 2. The van der Waals surface area contributed by atoms with Crippen LogP contribution in [-0.2, 0) is 4.79 Å². The van der Waals surface area contributed by atoms with Crippen molar-refractivity contribution in [3.63, 3.8) is 0 Å². The molecule has 2 atom stereocenters. The molecule has 2 rings (SSSR count). The van der Waals surface area contributed by atoms with E-state index in [-0.39, 0.29) is 29.8 Å². The lowest BCUT2D eigenvalue weighted by Crippen LogP contribution is -2.49. The largest absolute Gasteiger partial charge is 0.349 e. The fourth-order valence-corrected chi connectivity index (χ4v) is 3.80. The molecule has 1 fully saturated rings. The highest BCUT2D eigenvalue weighted by atomic mass is 35.5. The van der Waals surface area contributed by atoms with Gasteiger partial charge in [0.15, 0.2) is 0 Å². The molecule has 2 heterocycles. The maximum absolute atomic E-state index is 12.5. The number of carbonyl (C=O) groups excluding carboxylic acids is 1. The van der Waals surface area contributed by atoms with Crippen LogP contribution in [0.5, 0.6) is 0 Å². The highest BCUT2D eigenvalue weighted by Crippen LogP contribution is 2.29. The van der Waals surface area contributed by atoms with Crippen LogP contribution in [0.1, 0.15) is 48.0 Å². The first-order valence-electron chi connectivity index (χ1n) is 7.01. The third kappa shape index (κ3) is 3.74. The van der Waals surface area contributed by atoms with E-state index in [0.29, 0.717) is 0 Å². The lowest BCUT2D eigenvalue weighted by Gasteiger charge is -2.33. The summed E-state index contributed by atoms with van der Waals surface area (Å²) in [6.45, 7) is 10.2. The van der Waals surface area contributed by atoms with Crippen molar-refractivity contribution in [1.82, 2.24) is 10.6 Å². The Morgan fingerprint density at radius 2 is 2.20 bits per heavy atom. The van der Waals surface area contributed by atoms with E-state index >= 15 is 0 Å². The minimum atomic E-state index is -0.258. The Kier molecular flexibility index (Phi) is 6.05. The second kappa shape index (κ2) is 6.92. The molecule has 2 N–H and O–H groups in total. The monoisotopic (exact) mass is 316 g/mol. The summed E-state index contributed by atoms with van der Waals surface area (Å²) >= 11 is 1.80. The summed E-state index contributed by atoms with van der Waals surface area (Å²) in [5, 5.41) is 6.51. The van der Waals surface area contributed by atoms with Gasteiger partial charge < -0.3 is 10.6 Å². The molecule has 0 spiro atoms. The molecular formula is C15H25ClN2OS. The van der Waals surface area contributed by atoms with Gasteiger partial charge in [-0.2, -0.15) is 0 Å². The molecular weight excluding hydrogens is 292 g/mol. The lowest BCUT2D eigenvalue weighted by molar-refractivity contribution is -0.131. The zero-order chi connectivity index (χ0) is 14.0. The molecule has 1 aromatic heterocycles. The van der Waals surface area contributed by atoms with Crippen molar-refractivity contribution in [2.45, 2.75) is 46.6 Å². The van der Waals surface area contributed by atoms with Gasteiger partial charge >= 0.3 is 0 Å². The summed E-state index contributed by atoms with van der Waals surface area (Å²) in [5.41, 5.74) is 0.995. The van der Waals surface area contributed by atoms with E-state index in [2.05, 4.69) is 44.4 Å². The number of thiophene rings is 1. The van der Waals surface area contributed by atoms with Gasteiger partial charge in [-0.05, 0) is 58.7 Å². The van der Waals surface area contributed by atoms with Crippen LogP contribution in [-0.4, -0.2) is 19.0 Å². The smallest absolute Gasteiger partial charge is 0.227 e. The molecule has 0 aromatic carbocycles.